The van der Waals surface area contributed by atoms with Crippen LogP contribution in [-0.4, -0.2) is 11.5 Å². The van der Waals surface area contributed by atoms with Crippen LogP contribution < -0.4 is 0 Å². The van der Waals surface area contributed by atoms with Crippen LogP contribution in [0.1, 0.15) is 142 Å². The smallest absolute Gasteiger partial charge is 0.176 e. The minimum absolute atomic E-state index is 0.0250. The standard InChI is InChI=1S/C24H47NO/c1-3-4-5-6-7-8-9-10-11-12-13-14-15-16-17-18-19-20-21-22-24(26)23(2)25/h25H,3-22H2,1-2H3. The molecule has 0 aromatic carbocycles. The van der Waals surface area contributed by atoms with E-state index < -0.39 is 0 Å². The van der Waals surface area contributed by atoms with Gasteiger partial charge in [0.1, 0.15) is 0 Å². The predicted molar refractivity (Wildman–Crippen MR) is 116 cm³/mol. The lowest BCUT2D eigenvalue weighted by Gasteiger charge is -2.04. The first-order valence-electron chi connectivity index (χ1n) is 11.8. The summed E-state index contributed by atoms with van der Waals surface area (Å²) in [6.07, 6.45) is 26.6. The molecule has 1 N–H and O–H groups in total. The molecule has 0 bridgehead atoms. The van der Waals surface area contributed by atoms with E-state index in [0.717, 1.165) is 12.8 Å². The van der Waals surface area contributed by atoms with Gasteiger partial charge in [-0.1, -0.05) is 122 Å². The Morgan fingerprint density at radius 1 is 0.538 bits per heavy atom. The van der Waals surface area contributed by atoms with Crippen LogP contribution in [0.3, 0.4) is 0 Å². The Labute approximate surface area is 164 Å². The minimum atomic E-state index is 0.0250. The van der Waals surface area contributed by atoms with E-state index in [-0.39, 0.29) is 11.5 Å². The van der Waals surface area contributed by atoms with Gasteiger partial charge in [-0.05, 0) is 13.3 Å². The van der Waals surface area contributed by atoms with Gasteiger partial charge in [-0.3, -0.25) is 4.79 Å². The third-order valence-electron chi connectivity index (χ3n) is 5.43. The molecule has 154 valence electrons. The molecule has 0 fully saturated rings. The van der Waals surface area contributed by atoms with Crippen LogP contribution in [0.4, 0.5) is 0 Å². The summed E-state index contributed by atoms with van der Waals surface area (Å²) in [6.45, 7) is 3.88. The largest absolute Gasteiger partial charge is 0.302 e. The molecule has 0 rings (SSSR count). The number of carbonyl (C=O) groups excluding carboxylic acids is 1. The Bertz CT molecular complexity index is 324. The number of hydrogen-bond acceptors (Lipinski definition) is 2. The summed E-state index contributed by atoms with van der Waals surface area (Å²) >= 11 is 0. The molecule has 0 aromatic rings. The summed E-state index contributed by atoms with van der Waals surface area (Å²) in [4.78, 5) is 11.3. The van der Waals surface area contributed by atoms with Crippen LogP contribution >= 0.6 is 0 Å². The van der Waals surface area contributed by atoms with E-state index in [4.69, 9.17) is 5.41 Å². The molecule has 0 spiro atoms. The van der Waals surface area contributed by atoms with Gasteiger partial charge in [0, 0.05) is 6.42 Å². The Kier molecular flexibility index (Phi) is 20.1. The predicted octanol–water partition coefficient (Wildman–Crippen LogP) is 8.42. The SMILES string of the molecule is CCCCCCCCCCCCCCCCCCCCCC(=O)C(C)=N. The fraction of sp³-hybridized carbons (Fsp3) is 0.917. The molecular formula is C24H47NO. The maximum absolute atomic E-state index is 11.3. The van der Waals surface area contributed by atoms with Crippen molar-refractivity contribution >= 4 is 11.5 Å². The minimum Gasteiger partial charge on any atom is -0.302 e. The van der Waals surface area contributed by atoms with Crippen LogP contribution in [0.5, 0.6) is 0 Å². The fourth-order valence-electron chi connectivity index (χ4n) is 3.55. The molecule has 0 atom stereocenters. The second-order valence-corrected chi connectivity index (χ2v) is 8.16. The summed E-state index contributed by atoms with van der Waals surface area (Å²) in [5.41, 5.74) is 0.215. The zero-order valence-electron chi connectivity index (χ0n) is 18.1. The maximum atomic E-state index is 11.3. The molecule has 0 radical (unpaired) electrons. The number of Topliss-reactive ketones (excluding diaryl/α,β-unsaturated/α-hetero) is 1. The molecule has 0 aromatic heterocycles. The first-order chi connectivity index (χ1) is 12.7. The number of unbranched alkanes of at least 4 members (excludes halogenated alkanes) is 18. The number of carbonyl (C=O) groups is 1. The summed E-state index contributed by atoms with van der Waals surface area (Å²) in [5, 5.41) is 7.26. The molecule has 0 heterocycles. The zero-order valence-corrected chi connectivity index (χ0v) is 18.1. The Balaban J connectivity index is 3.05. The highest BCUT2D eigenvalue weighted by atomic mass is 16.1. The first-order valence-corrected chi connectivity index (χ1v) is 11.8. The van der Waals surface area contributed by atoms with Crippen molar-refractivity contribution in [3.63, 3.8) is 0 Å². The van der Waals surface area contributed by atoms with Crippen molar-refractivity contribution in [2.24, 2.45) is 0 Å². The molecule has 0 aliphatic heterocycles. The van der Waals surface area contributed by atoms with Crippen LogP contribution in [-0.2, 0) is 4.79 Å². The van der Waals surface area contributed by atoms with Gasteiger partial charge in [0.25, 0.3) is 0 Å². The molecule has 0 saturated carbocycles. The summed E-state index contributed by atoms with van der Waals surface area (Å²) < 4.78 is 0. The Morgan fingerprint density at radius 3 is 1.08 bits per heavy atom. The highest BCUT2D eigenvalue weighted by molar-refractivity contribution is 6.37. The number of hydrogen-bond donors (Lipinski definition) is 1. The number of ketones is 1. The lowest BCUT2D eigenvalue weighted by atomic mass is 10.0. The lowest BCUT2D eigenvalue weighted by Crippen LogP contribution is -2.07. The average Bonchev–Trinajstić information content (AvgIpc) is 2.63. The van der Waals surface area contributed by atoms with Crippen molar-refractivity contribution < 1.29 is 4.79 Å². The Hall–Kier alpha value is -0.660. The summed E-state index contributed by atoms with van der Waals surface area (Å²) in [7, 11) is 0. The summed E-state index contributed by atoms with van der Waals surface area (Å²) in [5.74, 6) is 0.0250. The molecule has 0 amide bonds. The van der Waals surface area contributed by atoms with E-state index in [1.54, 1.807) is 6.92 Å². The summed E-state index contributed by atoms with van der Waals surface area (Å²) in [6, 6.07) is 0. The molecule has 0 aliphatic rings. The topological polar surface area (TPSA) is 40.9 Å². The lowest BCUT2D eigenvalue weighted by molar-refractivity contribution is -0.113. The zero-order chi connectivity index (χ0) is 19.3. The van der Waals surface area contributed by atoms with E-state index in [9.17, 15) is 4.79 Å². The second kappa shape index (κ2) is 20.6. The third kappa shape index (κ3) is 19.7. The average molecular weight is 366 g/mol. The number of rotatable bonds is 21. The molecular weight excluding hydrogens is 318 g/mol. The van der Waals surface area contributed by atoms with Gasteiger partial charge in [-0.15, -0.1) is 0 Å². The number of nitrogens with one attached hydrogen (secondary N) is 1. The quantitative estimate of drug-likeness (QED) is 0.161. The molecule has 26 heavy (non-hydrogen) atoms. The van der Waals surface area contributed by atoms with Crippen LogP contribution in [0.25, 0.3) is 0 Å². The van der Waals surface area contributed by atoms with Gasteiger partial charge in [0.15, 0.2) is 5.78 Å². The van der Waals surface area contributed by atoms with Crippen molar-refractivity contribution in [3.05, 3.63) is 0 Å². The monoisotopic (exact) mass is 365 g/mol. The van der Waals surface area contributed by atoms with Gasteiger partial charge < -0.3 is 5.41 Å². The molecule has 2 nitrogen and oxygen atoms in total. The molecule has 0 unspecified atom stereocenters. The van der Waals surface area contributed by atoms with Crippen LogP contribution in [0.15, 0.2) is 0 Å². The van der Waals surface area contributed by atoms with Crippen molar-refractivity contribution in [2.45, 2.75) is 142 Å². The third-order valence-corrected chi connectivity index (χ3v) is 5.43. The Morgan fingerprint density at radius 2 is 0.808 bits per heavy atom. The molecule has 0 saturated heterocycles. The van der Waals surface area contributed by atoms with E-state index in [0.29, 0.717) is 6.42 Å². The van der Waals surface area contributed by atoms with Crippen molar-refractivity contribution in [3.8, 4) is 0 Å². The van der Waals surface area contributed by atoms with Gasteiger partial charge in [0.2, 0.25) is 0 Å². The van der Waals surface area contributed by atoms with Crippen LogP contribution in [0.2, 0.25) is 0 Å². The van der Waals surface area contributed by atoms with Gasteiger partial charge in [-0.25, -0.2) is 0 Å². The van der Waals surface area contributed by atoms with E-state index in [1.807, 2.05) is 0 Å². The van der Waals surface area contributed by atoms with Crippen molar-refractivity contribution in [1.82, 2.24) is 0 Å². The van der Waals surface area contributed by atoms with E-state index in [1.165, 1.54) is 109 Å². The first kappa shape index (κ1) is 25.3. The normalized spacial score (nSPS) is 11.0. The van der Waals surface area contributed by atoms with E-state index in [2.05, 4.69) is 6.92 Å². The highest BCUT2D eigenvalue weighted by Gasteiger charge is 2.02. The second-order valence-electron chi connectivity index (χ2n) is 8.16. The van der Waals surface area contributed by atoms with Gasteiger partial charge in [0.05, 0.1) is 5.71 Å². The van der Waals surface area contributed by atoms with Crippen molar-refractivity contribution in [1.29, 1.82) is 5.41 Å². The molecule has 2 heteroatoms. The fourth-order valence-corrected chi connectivity index (χ4v) is 3.55. The van der Waals surface area contributed by atoms with E-state index >= 15 is 0 Å². The van der Waals surface area contributed by atoms with Crippen LogP contribution in [0, 0.1) is 5.41 Å². The highest BCUT2D eigenvalue weighted by Crippen LogP contribution is 2.14. The van der Waals surface area contributed by atoms with Crippen molar-refractivity contribution in [2.75, 3.05) is 0 Å². The maximum Gasteiger partial charge on any atom is 0.176 e. The molecule has 0 aliphatic carbocycles. The van der Waals surface area contributed by atoms with Gasteiger partial charge in [-0.2, -0.15) is 0 Å². The van der Waals surface area contributed by atoms with Gasteiger partial charge >= 0.3 is 0 Å².